The van der Waals surface area contributed by atoms with Crippen LogP contribution >= 0.6 is 15.9 Å². The van der Waals surface area contributed by atoms with Crippen LogP contribution in [0.2, 0.25) is 0 Å². The summed E-state index contributed by atoms with van der Waals surface area (Å²) in [5, 5.41) is 3.69. The summed E-state index contributed by atoms with van der Waals surface area (Å²) < 4.78 is 19.5. The van der Waals surface area contributed by atoms with E-state index in [-0.39, 0.29) is 5.97 Å². The van der Waals surface area contributed by atoms with Crippen molar-refractivity contribution in [2.75, 3.05) is 11.9 Å². The first-order valence-electron chi connectivity index (χ1n) is 12.0. The molecular weight excluding hydrogens is 538 g/mol. The normalized spacial score (nSPS) is 11.5. The smallest absolute Gasteiger partial charge is 0.412 e. The van der Waals surface area contributed by atoms with E-state index in [9.17, 15) is 9.59 Å². The lowest BCUT2D eigenvalue weighted by Crippen LogP contribution is -2.27. The highest BCUT2D eigenvalue weighted by Gasteiger charge is 2.23. The third-order valence-electron chi connectivity index (χ3n) is 5.64. The second-order valence-electron chi connectivity index (χ2n) is 9.65. The number of benzene rings is 2. The molecule has 0 fully saturated rings. The zero-order valence-corrected chi connectivity index (χ0v) is 23.4. The molecule has 0 atom stereocenters. The summed E-state index contributed by atoms with van der Waals surface area (Å²) in [4.78, 5) is 29.5. The minimum absolute atomic E-state index is 0.295. The van der Waals surface area contributed by atoms with Crippen molar-refractivity contribution in [3.63, 3.8) is 0 Å². The molecule has 37 heavy (non-hydrogen) atoms. The molecule has 4 aromatic rings. The Labute approximate surface area is 224 Å². The molecule has 0 aliphatic heterocycles. The first-order chi connectivity index (χ1) is 17.5. The maximum absolute atomic E-state index is 12.6. The number of carbonyl (C=O) groups is 2. The van der Waals surface area contributed by atoms with E-state index in [2.05, 4.69) is 26.2 Å². The second-order valence-corrected chi connectivity index (χ2v) is 10.4. The predicted octanol–water partition coefficient (Wildman–Crippen LogP) is 7.25. The Balaban J connectivity index is 1.69. The van der Waals surface area contributed by atoms with Gasteiger partial charge in [-0.15, -0.1) is 0 Å². The summed E-state index contributed by atoms with van der Waals surface area (Å²) in [6.07, 6.45) is -0.544. The van der Waals surface area contributed by atoms with E-state index in [1.54, 1.807) is 19.9 Å². The fourth-order valence-electron chi connectivity index (χ4n) is 4.14. The molecule has 1 amide bonds. The Bertz CT molecular complexity index is 1480. The number of hydrogen-bond donors (Lipinski definition) is 1. The van der Waals surface area contributed by atoms with Gasteiger partial charge >= 0.3 is 12.1 Å². The van der Waals surface area contributed by atoms with Crippen LogP contribution < -0.4 is 5.32 Å². The molecule has 2 aromatic carbocycles. The average molecular weight is 568 g/mol. The van der Waals surface area contributed by atoms with Crippen molar-refractivity contribution in [2.45, 2.75) is 53.7 Å². The number of anilines is 1. The van der Waals surface area contributed by atoms with Crippen molar-refractivity contribution < 1.29 is 23.5 Å². The van der Waals surface area contributed by atoms with Crippen molar-refractivity contribution in [3.05, 3.63) is 69.7 Å². The van der Waals surface area contributed by atoms with Gasteiger partial charge in [-0.1, -0.05) is 18.2 Å². The van der Waals surface area contributed by atoms with Crippen molar-refractivity contribution in [3.8, 4) is 11.3 Å². The van der Waals surface area contributed by atoms with E-state index < -0.39 is 11.7 Å². The fraction of sp³-hybridized carbons (Fsp3) is 0.321. The molecular formula is C28H30BrN3O5. The fourth-order valence-corrected chi connectivity index (χ4v) is 4.74. The SMILES string of the molecule is CCOC(=O)c1c(C)nc(C)n1Cc1ccc2oc(-c3ccccc3NC(=O)OC(C)(C)C)c(Br)c2c1. The number of fused-ring (bicyclic) bond motifs is 1. The Morgan fingerprint density at radius 2 is 1.86 bits per heavy atom. The number of imidazole rings is 1. The van der Waals surface area contributed by atoms with Crippen molar-refractivity contribution in [1.82, 2.24) is 9.55 Å². The lowest BCUT2D eigenvalue weighted by Gasteiger charge is -2.20. The van der Waals surface area contributed by atoms with E-state index in [0.29, 0.717) is 47.1 Å². The Hall–Kier alpha value is -3.59. The maximum atomic E-state index is 12.6. The average Bonchev–Trinajstić information content (AvgIpc) is 3.28. The van der Waals surface area contributed by atoms with E-state index in [1.807, 2.05) is 68.7 Å². The number of aromatic nitrogens is 2. The van der Waals surface area contributed by atoms with Gasteiger partial charge in [0.25, 0.3) is 0 Å². The van der Waals surface area contributed by atoms with Crippen LogP contribution in [-0.4, -0.2) is 33.8 Å². The van der Waals surface area contributed by atoms with E-state index >= 15 is 0 Å². The quantitative estimate of drug-likeness (QED) is 0.246. The third kappa shape index (κ3) is 5.72. The van der Waals surface area contributed by atoms with Gasteiger partial charge in [-0.05, 0) is 87.3 Å². The number of amides is 1. The first kappa shape index (κ1) is 26.5. The number of hydrogen-bond acceptors (Lipinski definition) is 6. The van der Waals surface area contributed by atoms with Gasteiger partial charge in [-0.25, -0.2) is 14.6 Å². The molecule has 8 nitrogen and oxygen atoms in total. The topological polar surface area (TPSA) is 95.6 Å². The van der Waals surface area contributed by atoms with Crippen LogP contribution in [0, 0.1) is 13.8 Å². The summed E-state index contributed by atoms with van der Waals surface area (Å²) >= 11 is 3.70. The molecule has 2 aromatic heterocycles. The number of para-hydroxylation sites is 1. The molecule has 0 spiro atoms. The number of esters is 1. The van der Waals surface area contributed by atoms with Gasteiger partial charge in [0.15, 0.2) is 11.5 Å². The molecule has 2 heterocycles. The molecule has 4 rings (SSSR count). The minimum atomic E-state index is -0.616. The molecule has 0 saturated carbocycles. The second kappa shape index (κ2) is 10.4. The van der Waals surface area contributed by atoms with Crippen LogP contribution in [0.4, 0.5) is 10.5 Å². The van der Waals surface area contributed by atoms with Crippen LogP contribution in [0.5, 0.6) is 0 Å². The zero-order chi connectivity index (χ0) is 26.9. The lowest BCUT2D eigenvalue weighted by molar-refractivity contribution is 0.0512. The molecule has 0 aliphatic carbocycles. The van der Waals surface area contributed by atoms with Crippen molar-refractivity contribution in [2.24, 2.45) is 0 Å². The largest absolute Gasteiger partial charge is 0.461 e. The van der Waals surface area contributed by atoms with Gasteiger partial charge in [0.2, 0.25) is 0 Å². The molecule has 0 bridgehead atoms. The highest BCUT2D eigenvalue weighted by atomic mass is 79.9. The van der Waals surface area contributed by atoms with Crippen LogP contribution in [0.1, 0.15) is 55.3 Å². The number of nitrogens with one attached hydrogen (secondary N) is 1. The number of carbonyl (C=O) groups excluding carboxylic acids is 2. The van der Waals surface area contributed by atoms with E-state index in [0.717, 1.165) is 21.2 Å². The Kier molecular flexibility index (Phi) is 7.45. The summed E-state index contributed by atoms with van der Waals surface area (Å²) in [5.74, 6) is 0.929. The molecule has 9 heteroatoms. The monoisotopic (exact) mass is 567 g/mol. The summed E-state index contributed by atoms with van der Waals surface area (Å²) in [5.41, 5.74) is 3.40. The lowest BCUT2D eigenvalue weighted by atomic mass is 10.1. The minimum Gasteiger partial charge on any atom is -0.461 e. The third-order valence-corrected chi connectivity index (χ3v) is 6.43. The summed E-state index contributed by atoms with van der Waals surface area (Å²) in [7, 11) is 0. The highest BCUT2D eigenvalue weighted by molar-refractivity contribution is 9.10. The molecule has 1 N–H and O–H groups in total. The Morgan fingerprint density at radius 1 is 1.14 bits per heavy atom. The van der Waals surface area contributed by atoms with Gasteiger partial charge in [-0.2, -0.15) is 0 Å². The number of ether oxygens (including phenoxy) is 2. The summed E-state index contributed by atoms with van der Waals surface area (Å²) in [6, 6.07) is 13.2. The van der Waals surface area contributed by atoms with Gasteiger partial charge < -0.3 is 18.5 Å². The maximum Gasteiger partial charge on any atom is 0.412 e. The highest BCUT2D eigenvalue weighted by Crippen LogP contribution is 2.41. The molecule has 0 radical (unpaired) electrons. The molecule has 0 saturated heterocycles. The summed E-state index contributed by atoms with van der Waals surface area (Å²) in [6.45, 7) is 11.6. The Morgan fingerprint density at radius 3 is 2.57 bits per heavy atom. The van der Waals surface area contributed by atoms with Crippen LogP contribution in [0.15, 0.2) is 51.4 Å². The van der Waals surface area contributed by atoms with Gasteiger partial charge in [0.1, 0.15) is 17.0 Å². The van der Waals surface area contributed by atoms with Gasteiger partial charge in [0.05, 0.1) is 22.5 Å². The van der Waals surface area contributed by atoms with E-state index in [1.165, 1.54) is 0 Å². The van der Waals surface area contributed by atoms with Crippen molar-refractivity contribution >= 4 is 44.6 Å². The molecule has 194 valence electrons. The van der Waals surface area contributed by atoms with Gasteiger partial charge in [0, 0.05) is 17.5 Å². The van der Waals surface area contributed by atoms with Gasteiger partial charge in [-0.3, -0.25) is 5.32 Å². The number of halogens is 1. The van der Waals surface area contributed by atoms with Crippen LogP contribution in [0.3, 0.4) is 0 Å². The number of aryl methyl sites for hydroxylation is 2. The molecule has 0 unspecified atom stereocenters. The number of nitrogens with zero attached hydrogens (tertiary/aromatic N) is 2. The zero-order valence-electron chi connectivity index (χ0n) is 21.8. The predicted molar refractivity (Wildman–Crippen MR) is 146 cm³/mol. The number of furan rings is 1. The molecule has 0 aliphatic rings. The van der Waals surface area contributed by atoms with Crippen LogP contribution in [0.25, 0.3) is 22.3 Å². The number of rotatable bonds is 6. The van der Waals surface area contributed by atoms with E-state index in [4.69, 9.17) is 13.9 Å². The standard InChI is InChI=1S/C28H30BrN3O5/c1-7-35-26(33)24-16(2)30-17(3)32(24)15-18-12-13-22-20(14-18)23(29)25(36-22)19-10-8-9-11-21(19)31-27(34)37-28(4,5)6/h8-14H,7,15H2,1-6H3,(H,31,34). The first-order valence-corrected chi connectivity index (χ1v) is 12.8. The van der Waals surface area contributed by atoms with Crippen molar-refractivity contribution in [1.29, 1.82) is 0 Å². The van der Waals surface area contributed by atoms with Crippen LogP contribution in [-0.2, 0) is 16.0 Å².